The third-order valence-electron chi connectivity index (χ3n) is 5.56. The molecule has 31 heavy (non-hydrogen) atoms. The lowest BCUT2D eigenvalue weighted by Gasteiger charge is -2.11. The number of amides is 1. The Morgan fingerprint density at radius 1 is 1.13 bits per heavy atom. The minimum Gasteiger partial charge on any atom is -0.383 e. The normalized spacial score (nSPS) is 14.7. The van der Waals surface area contributed by atoms with Gasteiger partial charge in [-0.25, -0.2) is 9.97 Å². The van der Waals surface area contributed by atoms with E-state index in [1.54, 1.807) is 18.3 Å². The van der Waals surface area contributed by atoms with E-state index in [0.29, 0.717) is 32.8 Å². The van der Waals surface area contributed by atoms with Crippen LogP contribution in [0, 0.1) is 0 Å². The van der Waals surface area contributed by atoms with Crippen LogP contribution in [0.4, 0.5) is 5.82 Å². The van der Waals surface area contributed by atoms with Crippen LogP contribution >= 0.6 is 11.6 Å². The number of halogens is 1. The summed E-state index contributed by atoms with van der Waals surface area (Å²) in [5.74, 6) is -0.0326. The van der Waals surface area contributed by atoms with Crippen molar-refractivity contribution in [3.63, 3.8) is 0 Å². The molecule has 1 saturated carbocycles. The van der Waals surface area contributed by atoms with Crippen molar-refractivity contribution in [2.75, 3.05) is 5.73 Å². The predicted molar refractivity (Wildman–Crippen MR) is 124 cm³/mol. The van der Waals surface area contributed by atoms with Gasteiger partial charge in [0.15, 0.2) is 5.65 Å². The van der Waals surface area contributed by atoms with Gasteiger partial charge < -0.3 is 11.1 Å². The van der Waals surface area contributed by atoms with Gasteiger partial charge in [0, 0.05) is 11.1 Å². The molecule has 0 spiro atoms. The molecule has 2 aromatic heterocycles. The number of aromatic nitrogens is 3. The van der Waals surface area contributed by atoms with Gasteiger partial charge in [-0.05, 0) is 42.7 Å². The van der Waals surface area contributed by atoms with Gasteiger partial charge in [-0.15, -0.1) is 0 Å². The van der Waals surface area contributed by atoms with Crippen molar-refractivity contribution in [3.05, 3.63) is 64.7 Å². The molecule has 1 aliphatic carbocycles. The maximum atomic E-state index is 13.2. The van der Waals surface area contributed by atoms with Gasteiger partial charge in [0.05, 0.1) is 17.2 Å². The average Bonchev–Trinajstić information content (AvgIpc) is 3.36. The van der Waals surface area contributed by atoms with Gasteiger partial charge in [0.2, 0.25) is 0 Å². The Balaban J connectivity index is 1.65. The van der Waals surface area contributed by atoms with Gasteiger partial charge in [0.25, 0.3) is 5.91 Å². The number of nitrogens with one attached hydrogen (secondary N) is 1. The molecule has 1 fully saturated rings. The zero-order valence-electron chi connectivity index (χ0n) is 16.8. The molecular formula is C23H21ClN6O. The molecule has 4 aromatic rings. The maximum absolute atomic E-state index is 13.2. The van der Waals surface area contributed by atoms with Crippen LogP contribution in [0.1, 0.15) is 41.6 Å². The van der Waals surface area contributed by atoms with E-state index in [-0.39, 0.29) is 17.8 Å². The predicted octanol–water partition coefficient (Wildman–Crippen LogP) is 4.37. The lowest BCUT2D eigenvalue weighted by molar-refractivity contribution is 0.0940. The Kier molecular flexibility index (Phi) is 5.03. The minimum atomic E-state index is -0.240. The van der Waals surface area contributed by atoms with Crippen LogP contribution in [0.5, 0.6) is 0 Å². The minimum absolute atomic E-state index is 0.161. The molecule has 0 unspecified atom stereocenters. The number of carbonyl (C=O) groups excluding carboxylic acids is 1. The summed E-state index contributed by atoms with van der Waals surface area (Å²) in [4.78, 5) is 22.6. The molecule has 2 aromatic carbocycles. The third kappa shape index (κ3) is 3.72. The Morgan fingerprint density at radius 2 is 1.87 bits per heavy atom. The van der Waals surface area contributed by atoms with Gasteiger partial charge in [0.1, 0.15) is 16.9 Å². The zero-order valence-corrected chi connectivity index (χ0v) is 17.5. The van der Waals surface area contributed by atoms with Gasteiger partial charge >= 0.3 is 0 Å². The van der Waals surface area contributed by atoms with E-state index in [4.69, 9.17) is 27.3 Å². The maximum Gasteiger partial charge on any atom is 0.257 e. The summed E-state index contributed by atoms with van der Waals surface area (Å²) < 4.78 is 1.47. The van der Waals surface area contributed by atoms with Crippen LogP contribution in [0.3, 0.4) is 0 Å². The van der Waals surface area contributed by atoms with Crippen LogP contribution in [-0.2, 0) is 0 Å². The molecule has 0 bridgehead atoms. The number of hydrogen-bond donors (Lipinski definition) is 2. The fourth-order valence-corrected chi connectivity index (χ4v) is 4.23. The zero-order chi connectivity index (χ0) is 21.4. The summed E-state index contributed by atoms with van der Waals surface area (Å²) in [5, 5.41) is 8.22. The Labute approximate surface area is 183 Å². The van der Waals surface area contributed by atoms with Crippen LogP contribution in [-0.4, -0.2) is 32.8 Å². The smallest absolute Gasteiger partial charge is 0.257 e. The molecule has 156 valence electrons. The van der Waals surface area contributed by atoms with Crippen molar-refractivity contribution in [2.45, 2.75) is 31.7 Å². The van der Waals surface area contributed by atoms with Crippen molar-refractivity contribution in [1.82, 2.24) is 20.0 Å². The van der Waals surface area contributed by atoms with Crippen molar-refractivity contribution >= 4 is 51.7 Å². The van der Waals surface area contributed by atoms with Gasteiger partial charge in [-0.3, -0.25) is 4.79 Å². The number of benzene rings is 2. The molecular weight excluding hydrogens is 412 g/mol. The van der Waals surface area contributed by atoms with Crippen LogP contribution in [0.25, 0.3) is 22.2 Å². The second-order valence-corrected chi connectivity index (χ2v) is 8.15. The van der Waals surface area contributed by atoms with Crippen molar-refractivity contribution in [3.8, 4) is 0 Å². The highest BCUT2D eigenvalue weighted by Gasteiger charge is 2.26. The molecule has 5 rings (SSSR count). The van der Waals surface area contributed by atoms with Crippen molar-refractivity contribution in [1.29, 1.82) is 0 Å². The van der Waals surface area contributed by atoms with E-state index in [9.17, 15) is 4.79 Å². The second kappa shape index (κ2) is 8.00. The molecule has 0 atom stereocenters. The van der Waals surface area contributed by atoms with Crippen LogP contribution in [0.15, 0.2) is 53.6 Å². The van der Waals surface area contributed by atoms with E-state index in [1.165, 1.54) is 4.68 Å². The summed E-state index contributed by atoms with van der Waals surface area (Å²) in [6.07, 6.45) is 5.84. The largest absolute Gasteiger partial charge is 0.383 e. The summed E-state index contributed by atoms with van der Waals surface area (Å²) >= 11 is 6.08. The first-order valence-corrected chi connectivity index (χ1v) is 10.7. The van der Waals surface area contributed by atoms with E-state index >= 15 is 0 Å². The molecule has 3 N–H and O–H groups in total. The lowest BCUT2D eigenvalue weighted by atomic mass is 10.2. The Bertz CT molecular complexity index is 1320. The monoisotopic (exact) mass is 432 g/mol. The number of carbonyl (C=O) groups is 1. The molecule has 1 aliphatic rings. The highest BCUT2D eigenvalue weighted by molar-refractivity contribution is 6.30. The number of rotatable bonds is 4. The van der Waals surface area contributed by atoms with Crippen molar-refractivity contribution in [2.24, 2.45) is 5.10 Å². The number of para-hydroxylation sites is 2. The van der Waals surface area contributed by atoms with Gasteiger partial charge in [-0.1, -0.05) is 48.7 Å². The highest BCUT2D eigenvalue weighted by Crippen LogP contribution is 2.28. The standard InChI is InChI=1S/C23H21ClN6O/c24-15-7-5-6-14(12-15)13-26-30-21(25)19(23(31)27-16-8-1-2-9-16)20-22(30)29-18-11-4-3-10-17(18)28-20/h3-7,10-13,16H,1-2,8-9,25H2,(H,27,31)/b26-13+. The topological polar surface area (TPSA) is 98.2 Å². The Morgan fingerprint density at radius 3 is 2.61 bits per heavy atom. The molecule has 0 radical (unpaired) electrons. The van der Waals surface area contributed by atoms with Crippen molar-refractivity contribution < 1.29 is 4.79 Å². The summed E-state index contributed by atoms with van der Waals surface area (Å²) in [6, 6.07) is 15.0. The second-order valence-electron chi connectivity index (χ2n) is 7.71. The number of fused-ring (bicyclic) bond motifs is 2. The summed E-state index contributed by atoms with van der Waals surface area (Å²) in [7, 11) is 0. The van der Waals surface area contributed by atoms with E-state index in [1.807, 2.05) is 36.4 Å². The van der Waals surface area contributed by atoms with Crippen LogP contribution in [0.2, 0.25) is 5.02 Å². The van der Waals surface area contributed by atoms with E-state index in [0.717, 1.165) is 31.2 Å². The number of nitrogens with zero attached hydrogens (tertiary/aromatic N) is 4. The fourth-order valence-electron chi connectivity index (χ4n) is 4.03. The van der Waals surface area contributed by atoms with Crippen LogP contribution < -0.4 is 11.1 Å². The number of hydrogen-bond acceptors (Lipinski definition) is 5. The molecule has 7 nitrogen and oxygen atoms in total. The average molecular weight is 433 g/mol. The Hall–Kier alpha value is -3.45. The number of nitrogen functional groups attached to an aromatic ring is 1. The quantitative estimate of drug-likeness (QED) is 0.467. The first-order chi connectivity index (χ1) is 15.1. The molecule has 0 saturated heterocycles. The third-order valence-corrected chi connectivity index (χ3v) is 5.80. The molecule has 2 heterocycles. The van der Waals surface area contributed by atoms with E-state index < -0.39 is 0 Å². The first kappa shape index (κ1) is 19.5. The lowest BCUT2D eigenvalue weighted by Crippen LogP contribution is -2.33. The fraction of sp³-hybridized carbons (Fsp3) is 0.217. The summed E-state index contributed by atoms with van der Waals surface area (Å²) in [6.45, 7) is 0. The molecule has 0 aliphatic heterocycles. The summed E-state index contributed by atoms with van der Waals surface area (Å²) in [5.41, 5.74) is 9.82. The van der Waals surface area contributed by atoms with E-state index in [2.05, 4.69) is 10.4 Å². The first-order valence-electron chi connectivity index (χ1n) is 10.3. The SMILES string of the molecule is Nc1c(C(=O)NC2CCCC2)c2nc3ccccc3nc2n1/N=C/c1cccc(Cl)c1. The van der Waals surface area contributed by atoms with Gasteiger partial charge in [-0.2, -0.15) is 9.78 Å². The number of nitrogens with two attached hydrogens (primary N) is 1. The molecule has 1 amide bonds. The highest BCUT2D eigenvalue weighted by atomic mass is 35.5. The number of anilines is 1. The molecule has 8 heteroatoms.